The monoisotopic (exact) mass is 377 g/mol. The maximum absolute atomic E-state index is 12.4. The van der Waals surface area contributed by atoms with Crippen LogP contribution in [0, 0.1) is 23.2 Å². The first-order valence-electron chi connectivity index (χ1n) is 10.2. The molecule has 1 N–H and O–H groups in total. The van der Waals surface area contributed by atoms with Gasteiger partial charge < -0.3 is 20.0 Å². The number of hydrogen-bond donors (Lipinski definition) is 1. The fraction of sp³-hybridized carbons (Fsp3) is 0.850. The van der Waals surface area contributed by atoms with Gasteiger partial charge in [-0.2, -0.15) is 5.26 Å². The molecule has 0 aromatic heterocycles. The van der Waals surface area contributed by atoms with Crippen molar-refractivity contribution in [3.05, 3.63) is 0 Å². The van der Waals surface area contributed by atoms with Crippen LogP contribution < -0.4 is 5.32 Å². The number of urea groups is 1. The summed E-state index contributed by atoms with van der Waals surface area (Å²) >= 11 is 0. The van der Waals surface area contributed by atoms with Crippen molar-refractivity contribution < 1.29 is 9.59 Å². The predicted octanol–water partition coefficient (Wildman–Crippen LogP) is 1.90. The number of carbonyl (C=O) groups excluding carboxylic acids is 2. The number of rotatable bonds is 3. The van der Waals surface area contributed by atoms with E-state index >= 15 is 0 Å². The highest BCUT2D eigenvalue weighted by Crippen LogP contribution is 2.43. The van der Waals surface area contributed by atoms with E-state index in [-0.39, 0.29) is 23.5 Å². The Morgan fingerprint density at radius 1 is 1.22 bits per heavy atom. The van der Waals surface area contributed by atoms with E-state index in [0.29, 0.717) is 24.9 Å². The summed E-state index contributed by atoms with van der Waals surface area (Å²) in [6.45, 7) is 8.81. The summed E-state index contributed by atoms with van der Waals surface area (Å²) in [7, 11) is 3.58. The molecule has 3 aliphatic rings. The number of likely N-dealkylation sites (tertiary alicyclic amines) is 2. The van der Waals surface area contributed by atoms with Crippen molar-refractivity contribution in [3.63, 3.8) is 0 Å². The van der Waals surface area contributed by atoms with Gasteiger partial charge in [0.1, 0.15) is 6.04 Å². The lowest BCUT2D eigenvalue weighted by Crippen LogP contribution is -2.48. The largest absolute Gasteiger partial charge is 0.331 e. The van der Waals surface area contributed by atoms with Crippen LogP contribution in [0.15, 0.2) is 0 Å². The molecule has 0 aromatic rings. The molecule has 7 heteroatoms. The minimum atomic E-state index is -0.254. The van der Waals surface area contributed by atoms with E-state index in [0.717, 1.165) is 38.8 Å². The number of nitrogens with zero attached hydrogens (tertiary/aromatic N) is 4. The first-order valence-corrected chi connectivity index (χ1v) is 10.2. The first-order chi connectivity index (χ1) is 12.8. The average Bonchev–Trinajstić information content (AvgIpc) is 3.33. The zero-order valence-electron chi connectivity index (χ0n) is 17.5. The van der Waals surface area contributed by atoms with Crippen molar-refractivity contribution in [2.45, 2.75) is 58.0 Å². The van der Waals surface area contributed by atoms with Crippen molar-refractivity contribution in [3.8, 4) is 6.07 Å². The Balaban J connectivity index is 0.00000126. The Labute approximate surface area is 163 Å². The van der Waals surface area contributed by atoms with Crippen LogP contribution in [-0.4, -0.2) is 78.5 Å². The SMILES string of the molecule is CC.CN(C)C(=O)N1C[C@@H]2CC(C)(NCC(=O)N3CCCC3C#N)C[C@@H]2C1. The first kappa shape index (κ1) is 21.5. The lowest BCUT2D eigenvalue weighted by Gasteiger charge is -2.30. The van der Waals surface area contributed by atoms with Gasteiger partial charge >= 0.3 is 6.03 Å². The average molecular weight is 378 g/mol. The quantitative estimate of drug-likeness (QED) is 0.815. The van der Waals surface area contributed by atoms with Crippen molar-refractivity contribution in [2.24, 2.45) is 11.8 Å². The minimum absolute atomic E-state index is 0.0340. The summed E-state index contributed by atoms with van der Waals surface area (Å²) in [5.41, 5.74) is -0.0554. The highest BCUT2D eigenvalue weighted by molar-refractivity contribution is 5.79. The molecule has 7 nitrogen and oxygen atoms in total. The second-order valence-corrected chi connectivity index (χ2v) is 8.30. The van der Waals surface area contributed by atoms with Gasteiger partial charge in [-0.15, -0.1) is 0 Å². The highest BCUT2D eigenvalue weighted by atomic mass is 16.2. The van der Waals surface area contributed by atoms with Crippen LogP contribution in [0.4, 0.5) is 4.79 Å². The number of carbonyl (C=O) groups is 2. The Hall–Kier alpha value is -1.81. The summed E-state index contributed by atoms with van der Waals surface area (Å²) in [4.78, 5) is 29.8. The van der Waals surface area contributed by atoms with Crippen LogP contribution in [0.1, 0.15) is 46.5 Å². The molecule has 1 saturated carbocycles. The molecule has 1 aliphatic carbocycles. The van der Waals surface area contributed by atoms with Crippen LogP contribution in [0.3, 0.4) is 0 Å². The summed E-state index contributed by atoms with van der Waals surface area (Å²) in [6.07, 6.45) is 3.69. The molecule has 0 radical (unpaired) electrons. The number of hydrogen-bond acceptors (Lipinski definition) is 4. The summed E-state index contributed by atoms with van der Waals surface area (Å²) < 4.78 is 0. The van der Waals surface area contributed by atoms with Crippen LogP contribution >= 0.6 is 0 Å². The molecule has 0 aromatic carbocycles. The number of amides is 3. The van der Waals surface area contributed by atoms with Gasteiger partial charge in [-0.25, -0.2) is 4.79 Å². The third kappa shape index (κ3) is 4.73. The minimum Gasteiger partial charge on any atom is -0.331 e. The van der Waals surface area contributed by atoms with Gasteiger partial charge in [-0.05, 0) is 44.4 Å². The van der Waals surface area contributed by atoms with Crippen molar-refractivity contribution in [1.29, 1.82) is 5.26 Å². The maximum atomic E-state index is 12.4. The van der Waals surface area contributed by atoms with E-state index in [1.165, 1.54) is 0 Å². The molecule has 152 valence electrons. The van der Waals surface area contributed by atoms with Crippen molar-refractivity contribution >= 4 is 11.9 Å². The number of nitriles is 1. The van der Waals surface area contributed by atoms with E-state index in [2.05, 4.69) is 18.3 Å². The number of nitrogens with one attached hydrogen (secondary N) is 1. The topological polar surface area (TPSA) is 79.7 Å². The second-order valence-electron chi connectivity index (χ2n) is 8.30. The fourth-order valence-corrected chi connectivity index (χ4v) is 4.82. The smallest absolute Gasteiger partial charge is 0.319 e. The number of fused-ring (bicyclic) bond motifs is 1. The Bertz CT molecular complexity index is 571. The van der Waals surface area contributed by atoms with Gasteiger partial charge in [0.05, 0.1) is 12.6 Å². The fourth-order valence-electron chi connectivity index (χ4n) is 4.82. The maximum Gasteiger partial charge on any atom is 0.319 e. The molecular weight excluding hydrogens is 342 g/mol. The van der Waals surface area contributed by atoms with Gasteiger partial charge in [0.15, 0.2) is 0 Å². The molecule has 4 atom stereocenters. The Kier molecular flexibility index (Phi) is 7.10. The van der Waals surface area contributed by atoms with Gasteiger partial charge in [0.2, 0.25) is 5.91 Å². The van der Waals surface area contributed by atoms with Crippen molar-refractivity contribution in [2.75, 3.05) is 40.3 Å². The molecular formula is C20H35N5O2. The molecule has 3 amide bonds. The van der Waals surface area contributed by atoms with E-state index in [1.54, 1.807) is 23.9 Å². The predicted molar refractivity (Wildman–Crippen MR) is 105 cm³/mol. The van der Waals surface area contributed by atoms with Crippen molar-refractivity contribution in [1.82, 2.24) is 20.0 Å². The lowest BCUT2D eigenvalue weighted by atomic mass is 9.98. The lowest BCUT2D eigenvalue weighted by molar-refractivity contribution is -0.130. The van der Waals surface area contributed by atoms with E-state index in [4.69, 9.17) is 5.26 Å². The van der Waals surface area contributed by atoms with Gasteiger partial charge in [0, 0.05) is 39.3 Å². The van der Waals surface area contributed by atoms with Gasteiger partial charge in [-0.3, -0.25) is 4.79 Å². The Morgan fingerprint density at radius 2 is 1.81 bits per heavy atom. The molecule has 27 heavy (non-hydrogen) atoms. The van der Waals surface area contributed by atoms with Gasteiger partial charge in [0.25, 0.3) is 0 Å². The zero-order valence-corrected chi connectivity index (χ0v) is 17.5. The van der Waals surface area contributed by atoms with E-state index in [9.17, 15) is 9.59 Å². The summed E-state index contributed by atoms with van der Waals surface area (Å²) in [5, 5.41) is 12.6. The van der Waals surface area contributed by atoms with E-state index in [1.807, 2.05) is 18.7 Å². The normalized spacial score (nSPS) is 31.8. The molecule has 0 spiro atoms. The highest BCUT2D eigenvalue weighted by Gasteiger charge is 2.48. The molecule has 2 aliphatic heterocycles. The Morgan fingerprint density at radius 3 is 2.33 bits per heavy atom. The van der Waals surface area contributed by atoms with Gasteiger partial charge in [-0.1, -0.05) is 13.8 Å². The van der Waals surface area contributed by atoms with Crippen LogP contribution in [0.2, 0.25) is 0 Å². The summed E-state index contributed by atoms with van der Waals surface area (Å²) in [6, 6.07) is 2.06. The third-order valence-corrected chi connectivity index (χ3v) is 6.04. The molecule has 0 bridgehead atoms. The zero-order chi connectivity index (χ0) is 20.2. The molecule has 2 unspecified atom stereocenters. The van der Waals surface area contributed by atoms with Crippen LogP contribution in [0.25, 0.3) is 0 Å². The van der Waals surface area contributed by atoms with Crippen LogP contribution in [-0.2, 0) is 4.79 Å². The summed E-state index contributed by atoms with van der Waals surface area (Å²) in [5.74, 6) is 1.05. The molecule has 3 fully saturated rings. The molecule has 2 heterocycles. The standard InChI is InChI=1S/C18H29N5O2.C2H6/c1-18(20-10-16(24)23-6-4-5-15(23)9-19)7-13-11-22(12-14(13)8-18)17(25)21(2)3;1-2/h13-15,20H,4-8,10-12H2,1-3H3;1-2H3/t13-,14+,15?,18?;. The third-order valence-electron chi connectivity index (χ3n) is 6.04. The molecule has 3 rings (SSSR count). The molecule has 2 saturated heterocycles. The van der Waals surface area contributed by atoms with Crippen LogP contribution in [0.5, 0.6) is 0 Å². The second kappa shape index (κ2) is 8.92. The van der Waals surface area contributed by atoms with E-state index < -0.39 is 0 Å².